The maximum atomic E-state index is 13.0. The zero-order valence-corrected chi connectivity index (χ0v) is 77.0. The van der Waals surface area contributed by atoms with Crippen molar-refractivity contribution in [1.82, 2.24) is 69.3 Å². The highest BCUT2D eigenvalue weighted by atomic mass is 32.2. The van der Waals surface area contributed by atoms with Crippen LogP contribution in [0.15, 0.2) is 62.0 Å². The van der Waals surface area contributed by atoms with Crippen molar-refractivity contribution in [2.45, 2.75) is 170 Å². The van der Waals surface area contributed by atoms with Crippen molar-refractivity contribution in [2.75, 3.05) is 163 Å². The van der Waals surface area contributed by atoms with Crippen LogP contribution in [0.3, 0.4) is 0 Å². The normalized spacial score (nSPS) is 18.7. The molecule has 2 unspecified atom stereocenters. The van der Waals surface area contributed by atoms with E-state index in [9.17, 15) is 45.6 Å². The van der Waals surface area contributed by atoms with E-state index in [4.69, 9.17) is 5.73 Å². The summed E-state index contributed by atoms with van der Waals surface area (Å²) in [7, 11) is 1.16. The number of hydrogen-bond donors (Lipinski definition) is 2. The molecule has 124 heavy (non-hydrogen) atoms. The zero-order valence-electron chi connectivity index (χ0n) is 72.1. The second-order valence-electron chi connectivity index (χ2n) is 34.2. The van der Waals surface area contributed by atoms with Crippen LogP contribution in [-0.4, -0.2) is 252 Å². The molecule has 0 aliphatic carbocycles. The van der Waals surface area contributed by atoms with Gasteiger partial charge in [-0.25, -0.2) is 63.0 Å². The molecular formula is C88H121F3N20O7S6. The Kier molecular flexibility index (Phi) is 33.6. The number of alkyl halides is 3. The number of rotatable bonds is 23. The predicted octanol–water partition coefficient (Wildman–Crippen LogP) is 16.2. The molecule has 10 aromatic rings. The van der Waals surface area contributed by atoms with E-state index >= 15 is 0 Å². The minimum absolute atomic E-state index is 0. The number of anilines is 5. The van der Waals surface area contributed by atoms with Crippen molar-refractivity contribution < 1.29 is 45.6 Å². The number of carbonyl (C=O) groups is 5. The van der Waals surface area contributed by atoms with Gasteiger partial charge in [0.25, 0.3) is 0 Å². The minimum atomic E-state index is -4.08. The van der Waals surface area contributed by atoms with Crippen molar-refractivity contribution in [3.63, 3.8) is 0 Å². The van der Waals surface area contributed by atoms with E-state index in [1.165, 1.54) is 140 Å². The van der Waals surface area contributed by atoms with Gasteiger partial charge in [0.15, 0.2) is 28.9 Å². The summed E-state index contributed by atoms with van der Waals surface area (Å²) >= 11 is 7.43. The molecule has 0 bridgehead atoms. The van der Waals surface area contributed by atoms with Crippen LogP contribution in [0, 0.1) is 35.5 Å². The van der Waals surface area contributed by atoms with Gasteiger partial charge in [-0.05, 0) is 251 Å². The molecule has 2 atom stereocenters. The number of carbonyl (C=O) groups excluding carboxylic acids is 5. The molecule has 672 valence electrons. The first-order valence-electron chi connectivity index (χ1n) is 43.4. The van der Waals surface area contributed by atoms with Crippen molar-refractivity contribution in [1.29, 1.82) is 0 Å². The third-order valence-electron chi connectivity index (χ3n) is 24.9. The number of thiophene rings is 5. The minimum Gasteiger partial charge on any atom is -0.355 e. The quantitative estimate of drug-likeness (QED) is 0.0562. The monoisotopic (exact) mass is 1820 g/mol. The fraction of sp³-hybridized carbons (Fsp3) is 0.602. The van der Waals surface area contributed by atoms with Crippen LogP contribution in [0.25, 0.3) is 51.1 Å². The lowest BCUT2D eigenvalue weighted by Crippen LogP contribution is -2.45. The molecule has 7 saturated heterocycles. The Morgan fingerprint density at radius 1 is 0.460 bits per heavy atom. The topological polar surface area (TPSA) is 312 Å². The molecule has 0 amide bonds. The standard InChI is InChI=1S/C20H25F3N4OS.C19H26N4OS.C16H22N4O3S2.2C16H22N4OS.CH4/c1-13(28)17-9-16-18(29-17)19(25-12-24-16)27-7-4-14(5-8-27)10-26-6-2-3-15(11-26)20(21,22)23;1-13(22-7-3-4-8-22)15-5-9-23(10-6-15)19-18-16(20-12-21-19)11-17(25-18)14(2)24;1-11(21)14-9-13-15(24-14)16(18-10-17-13)20-7-4-12(5-8-20)3-6-19-25(2,22)23;1-11(21)14-8-13-15(22-14)16(18-10-17-13)20-6-4-12(5-7-20)9-19(2)3;1-11(21)14-9-13-15(22-14)16(19-10-18-13)20-7-4-12(5-8-20)3-2-6-17;/h9,12,14-15H,2-8,10-11H2,1H3;11-13,15H,3-10H2,1-2H3;9-10,12,19H,3-8H2,1-2H3;8,10,12H,4-7,9H2,1-3H3;9-10,12H,2-8,17H2,1H3;1H4. The number of nitrogens with zero attached hydrogens (tertiary/aromatic N) is 18. The summed E-state index contributed by atoms with van der Waals surface area (Å²) < 4.78 is 69.0. The maximum absolute atomic E-state index is 13.0. The second kappa shape index (κ2) is 43.7. The number of piperidine rings is 6. The molecule has 0 aromatic carbocycles. The number of likely N-dealkylation sites (tertiary alicyclic amines) is 2. The fourth-order valence-electron chi connectivity index (χ4n) is 18.0. The highest BCUT2D eigenvalue weighted by molar-refractivity contribution is 7.88. The first kappa shape index (κ1) is 95.2. The Hall–Kier alpha value is -7.91. The van der Waals surface area contributed by atoms with E-state index < -0.39 is 22.1 Å². The summed E-state index contributed by atoms with van der Waals surface area (Å²) in [5.74, 6) is 7.18. The molecule has 7 aliphatic heterocycles. The summed E-state index contributed by atoms with van der Waals surface area (Å²) in [6, 6.07) is 10.00. The summed E-state index contributed by atoms with van der Waals surface area (Å²) in [5.41, 5.74) is 9.87. The van der Waals surface area contributed by atoms with E-state index in [0.29, 0.717) is 40.6 Å². The van der Waals surface area contributed by atoms with Crippen molar-refractivity contribution in [3.8, 4) is 0 Å². The van der Waals surface area contributed by atoms with Gasteiger partial charge in [0.1, 0.15) is 60.7 Å². The van der Waals surface area contributed by atoms with Gasteiger partial charge in [0, 0.05) is 97.7 Å². The molecule has 17 rings (SSSR count). The van der Waals surface area contributed by atoms with Gasteiger partial charge in [0.05, 0.1) is 87.6 Å². The number of hydrogen-bond acceptors (Lipinski definition) is 31. The molecular weight excluding hydrogens is 1700 g/mol. The third-order valence-corrected chi connectivity index (χ3v) is 31.8. The molecule has 7 fully saturated rings. The van der Waals surface area contributed by atoms with E-state index in [2.05, 4.69) is 110 Å². The van der Waals surface area contributed by atoms with Crippen LogP contribution in [-0.2, 0) is 10.0 Å². The van der Waals surface area contributed by atoms with Crippen LogP contribution in [0.1, 0.15) is 206 Å². The molecule has 10 aromatic heterocycles. The van der Waals surface area contributed by atoms with Gasteiger partial charge in [-0.2, -0.15) is 13.2 Å². The highest BCUT2D eigenvalue weighted by Gasteiger charge is 2.42. The highest BCUT2D eigenvalue weighted by Crippen LogP contribution is 2.42. The molecule has 0 spiro atoms. The molecule has 27 nitrogen and oxygen atoms in total. The summed E-state index contributed by atoms with van der Waals surface area (Å²) in [6.45, 7) is 26.5. The summed E-state index contributed by atoms with van der Waals surface area (Å²) in [6.07, 6.45) is 22.9. The molecule has 7 aliphatic rings. The van der Waals surface area contributed by atoms with Crippen LogP contribution in [0.5, 0.6) is 0 Å². The molecule has 0 saturated carbocycles. The summed E-state index contributed by atoms with van der Waals surface area (Å²) in [5, 5.41) is 0. The lowest BCUT2D eigenvalue weighted by atomic mass is 9.89. The van der Waals surface area contributed by atoms with Crippen molar-refractivity contribution >= 4 is 176 Å². The number of nitrogens with two attached hydrogens (primary N) is 1. The predicted molar refractivity (Wildman–Crippen MR) is 498 cm³/mol. The zero-order chi connectivity index (χ0) is 87.2. The van der Waals surface area contributed by atoms with Crippen LogP contribution < -0.4 is 35.0 Å². The Balaban J connectivity index is 0.000000142. The van der Waals surface area contributed by atoms with Crippen molar-refractivity contribution in [2.24, 2.45) is 41.2 Å². The number of sulfonamides is 1. The molecule has 3 N–H and O–H groups in total. The summed E-state index contributed by atoms with van der Waals surface area (Å²) in [4.78, 5) is 124. The van der Waals surface area contributed by atoms with Gasteiger partial charge < -0.3 is 44.9 Å². The third kappa shape index (κ3) is 24.9. The largest absolute Gasteiger partial charge is 0.393 e. The van der Waals surface area contributed by atoms with Crippen LogP contribution in [0.4, 0.5) is 42.3 Å². The SMILES string of the molecule is C.CC(=O)c1cc2ncnc(N3CCC(C(C)N4CCCC4)CC3)c2s1.CC(=O)c1cc2ncnc(N3CCC(CCCN)CC3)c2s1.CC(=O)c1cc2ncnc(N3CCC(CCNS(C)(=O)=O)CC3)c2s1.CC(=O)c1cc2ncnc(N3CCC(CN(C)C)CC3)c2s1.CC(=O)c1cc2ncnc(N3CCC(CN4CCCC(C(F)(F)F)C4)CC3)c2s1. The number of fused-ring (bicyclic) bond motifs is 5. The Bertz CT molecular complexity index is 5360. The van der Waals surface area contributed by atoms with E-state index in [0.717, 1.165) is 243 Å². The fourth-order valence-corrected chi connectivity index (χ4v) is 23.6. The van der Waals surface area contributed by atoms with Gasteiger partial charge in [0.2, 0.25) is 10.0 Å². The average Bonchev–Trinajstić information content (AvgIpc) is 1.66. The van der Waals surface area contributed by atoms with Gasteiger partial charge in [-0.1, -0.05) is 7.43 Å². The molecule has 17 heterocycles. The van der Waals surface area contributed by atoms with Crippen LogP contribution in [0.2, 0.25) is 0 Å². The second-order valence-corrected chi connectivity index (χ2v) is 41.3. The molecule has 36 heteroatoms. The molecule has 0 radical (unpaired) electrons. The van der Waals surface area contributed by atoms with Gasteiger partial charge in [-0.15, -0.1) is 56.7 Å². The average molecular weight is 1820 g/mol. The maximum Gasteiger partial charge on any atom is 0.393 e. The lowest BCUT2D eigenvalue weighted by Gasteiger charge is -2.38. The van der Waals surface area contributed by atoms with E-state index in [-0.39, 0.29) is 49.3 Å². The Labute approximate surface area is 746 Å². The van der Waals surface area contributed by atoms with E-state index in [1.807, 2.05) is 35.2 Å². The number of nitrogens with one attached hydrogen (secondary N) is 1. The van der Waals surface area contributed by atoms with Gasteiger partial charge in [-0.3, -0.25) is 24.0 Å². The van der Waals surface area contributed by atoms with Crippen LogP contribution >= 0.6 is 56.7 Å². The number of Topliss-reactive ketones (excluding diaryl/α,β-unsaturated/α-hetero) is 5. The first-order chi connectivity index (χ1) is 59.0. The van der Waals surface area contributed by atoms with Crippen molar-refractivity contribution in [3.05, 3.63) is 86.4 Å². The van der Waals surface area contributed by atoms with Gasteiger partial charge >= 0.3 is 6.18 Å². The Morgan fingerprint density at radius 2 is 0.774 bits per heavy atom. The number of ketones is 5. The smallest absolute Gasteiger partial charge is 0.355 e. The number of aromatic nitrogens is 10. The lowest BCUT2D eigenvalue weighted by molar-refractivity contribution is -0.187. The van der Waals surface area contributed by atoms with E-state index in [1.54, 1.807) is 59.9 Å². The number of halogens is 3. The Morgan fingerprint density at radius 3 is 1.08 bits per heavy atom. The first-order valence-corrected chi connectivity index (χ1v) is 49.3.